The van der Waals surface area contributed by atoms with Crippen molar-refractivity contribution in [3.8, 4) is 17.7 Å². The van der Waals surface area contributed by atoms with Crippen LogP contribution in [0, 0.1) is 11.3 Å². The minimum absolute atomic E-state index is 0.328. The highest BCUT2D eigenvalue weighted by Crippen LogP contribution is 2.24. The standard InChI is InChI=1S/C13H9N5O/c14-7-9-1-3-10(4-2-9)19-13-12-16-5-6-18(12)8-11(15)17-13/h1-6,8H,15H2. The summed E-state index contributed by atoms with van der Waals surface area (Å²) < 4.78 is 7.38. The Morgan fingerprint density at radius 2 is 2.05 bits per heavy atom. The number of nitrogen functional groups attached to an aromatic ring is 1. The predicted molar refractivity (Wildman–Crippen MR) is 68.6 cm³/mol. The maximum absolute atomic E-state index is 8.74. The molecule has 3 rings (SSSR count). The Kier molecular flexibility index (Phi) is 2.50. The predicted octanol–water partition coefficient (Wildman–Crippen LogP) is 1.98. The van der Waals surface area contributed by atoms with Gasteiger partial charge in [0.15, 0.2) is 0 Å². The lowest BCUT2D eigenvalue weighted by Gasteiger charge is -2.06. The topological polar surface area (TPSA) is 89.2 Å². The molecule has 0 fully saturated rings. The van der Waals surface area contributed by atoms with E-state index in [-0.39, 0.29) is 0 Å². The van der Waals surface area contributed by atoms with Crippen LogP contribution < -0.4 is 10.5 Å². The van der Waals surface area contributed by atoms with Gasteiger partial charge in [-0.15, -0.1) is 0 Å². The molecule has 0 bridgehead atoms. The van der Waals surface area contributed by atoms with E-state index in [1.807, 2.05) is 6.07 Å². The molecule has 6 nitrogen and oxygen atoms in total. The number of imidazole rings is 1. The summed E-state index contributed by atoms with van der Waals surface area (Å²) in [7, 11) is 0. The van der Waals surface area contributed by atoms with Gasteiger partial charge in [0.2, 0.25) is 5.65 Å². The van der Waals surface area contributed by atoms with Gasteiger partial charge in [0, 0.05) is 12.4 Å². The van der Waals surface area contributed by atoms with Gasteiger partial charge in [0.25, 0.3) is 5.88 Å². The molecular weight excluding hydrogens is 242 g/mol. The highest BCUT2D eigenvalue weighted by molar-refractivity contribution is 5.54. The number of fused-ring (bicyclic) bond motifs is 1. The second-order valence-electron chi connectivity index (χ2n) is 3.87. The summed E-state index contributed by atoms with van der Waals surface area (Å²) in [6.45, 7) is 0. The zero-order valence-corrected chi connectivity index (χ0v) is 9.82. The van der Waals surface area contributed by atoms with Gasteiger partial charge in [-0.1, -0.05) is 0 Å². The van der Waals surface area contributed by atoms with Gasteiger partial charge in [-0.05, 0) is 24.3 Å². The SMILES string of the molecule is N#Cc1ccc(Oc2nc(N)cn3ccnc23)cc1. The monoisotopic (exact) mass is 251 g/mol. The largest absolute Gasteiger partial charge is 0.436 e. The fourth-order valence-electron chi connectivity index (χ4n) is 1.70. The van der Waals surface area contributed by atoms with Crippen molar-refractivity contribution in [3.05, 3.63) is 48.4 Å². The molecule has 0 unspecified atom stereocenters. The number of ether oxygens (including phenoxy) is 1. The van der Waals surface area contributed by atoms with Gasteiger partial charge >= 0.3 is 0 Å². The number of benzene rings is 1. The molecular formula is C13H9N5O. The van der Waals surface area contributed by atoms with Crippen LogP contribution in [0.3, 0.4) is 0 Å². The molecule has 2 aromatic heterocycles. The molecule has 0 amide bonds. The van der Waals surface area contributed by atoms with Crippen LogP contribution >= 0.6 is 0 Å². The van der Waals surface area contributed by atoms with Crippen molar-refractivity contribution < 1.29 is 4.74 Å². The van der Waals surface area contributed by atoms with Crippen molar-refractivity contribution in [3.63, 3.8) is 0 Å². The Labute approximate surface area is 108 Å². The summed E-state index contributed by atoms with van der Waals surface area (Å²) in [6.07, 6.45) is 5.06. The van der Waals surface area contributed by atoms with Crippen LogP contribution in [0.5, 0.6) is 11.6 Å². The van der Waals surface area contributed by atoms with Crippen LogP contribution in [0.25, 0.3) is 5.65 Å². The van der Waals surface area contributed by atoms with Crippen LogP contribution in [0.1, 0.15) is 5.56 Å². The maximum atomic E-state index is 8.74. The Bertz CT molecular complexity index is 770. The minimum atomic E-state index is 0.328. The van der Waals surface area contributed by atoms with Crippen LogP contribution in [-0.4, -0.2) is 14.4 Å². The number of aromatic nitrogens is 3. The van der Waals surface area contributed by atoms with Gasteiger partial charge in [0.05, 0.1) is 17.8 Å². The molecule has 2 heterocycles. The molecule has 0 atom stereocenters. The molecule has 2 N–H and O–H groups in total. The summed E-state index contributed by atoms with van der Waals surface area (Å²) in [4.78, 5) is 8.28. The lowest BCUT2D eigenvalue weighted by atomic mass is 10.2. The highest BCUT2D eigenvalue weighted by atomic mass is 16.5. The molecule has 0 aliphatic rings. The van der Waals surface area contributed by atoms with Gasteiger partial charge in [-0.25, -0.2) is 4.98 Å². The summed E-state index contributed by atoms with van der Waals surface area (Å²) >= 11 is 0. The number of hydrogen-bond acceptors (Lipinski definition) is 5. The number of anilines is 1. The first-order valence-electron chi connectivity index (χ1n) is 5.53. The molecule has 19 heavy (non-hydrogen) atoms. The van der Waals surface area contributed by atoms with Crippen LogP contribution in [0.2, 0.25) is 0 Å². The summed E-state index contributed by atoms with van der Waals surface area (Å²) in [5.74, 6) is 1.24. The third-order valence-electron chi connectivity index (χ3n) is 2.56. The van der Waals surface area contributed by atoms with Crippen molar-refractivity contribution in [2.45, 2.75) is 0 Å². The highest BCUT2D eigenvalue weighted by Gasteiger charge is 2.08. The third kappa shape index (κ3) is 2.05. The Hall–Kier alpha value is -3.07. The van der Waals surface area contributed by atoms with E-state index in [4.69, 9.17) is 15.7 Å². The Balaban J connectivity index is 2.00. The van der Waals surface area contributed by atoms with Crippen LogP contribution in [0.4, 0.5) is 5.82 Å². The van der Waals surface area contributed by atoms with Crippen LogP contribution in [0.15, 0.2) is 42.9 Å². The van der Waals surface area contributed by atoms with E-state index in [0.29, 0.717) is 28.7 Å². The summed E-state index contributed by atoms with van der Waals surface area (Å²) in [5.41, 5.74) is 6.85. The van der Waals surface area contributed by atoms with Crippen molar-refractivity contribution in [2.75, 3.05) is 5.73 Å². The first-order chi connectivity index (χ1) is 9.26. The Morgan fingerprint density at radius 3 is 2.79 bits per heavy atom. The van der Waals surface area contributed by atoms with E-state index in [9.17, 15) is 0 Å². The summed E-state index contributed by atoms with van der Waals surface area (Å²) in [5, 5.41) is 8.74. The molecule has 1 aromatic carbocycles. The van der Waals surface area contributed by atoms with Gasteiger partial charge < -0.3 is 10.5 Å². The van der Waals surface area contributed by atoms with Gasteiger partial charge in [0.1, 0.15) is 11.6 Å². The zero-order valence-electron chi connectivity index (χ0n) is 9.82. The fourth-order valence-corrected chi connectivity index (χ4v) is 1.70. The number of nitrogens with two attached hydrogens (primary N) is 1. The lowest BCUT2D eigenvalue weighted by Crippen LogP contribution is -1.98. The molecule has 6 heteroatoms. The first-order valence-corrected chi connectivity index (χ1v) is 5.53. The third-order valence-corrected chi connectivity index (χ3v) is 2.56. The van der Waals surface area contributed by atoms with Crippen molar-refractivity contribution in [1.82, 2.24) is 14.4 Å². The van der Waals surface area contributed by atoms with Crippen molar-refractivity contribution >= 4 is 11.5 Å². The summed E-state index contributed by atoms with van der Waals surface area (Å²) in [6, 6.07) is 8.78. The van der Waals surface area contributed by atoms with Crippen LogP contribution in [-0.2, 0) is 0 Å². The molecule has 3 aromatic rings. The molecule has 0 aliphatic carbocycles. The molecule has 0 spiro atoms. The molecule has 0 saturated carbocycles. The van der Waals surface area contributed by atoms with Gasteiger partial charge in [-0.3, -0.25) is 4.40 Å². The van der Waals surface area contributed by atoms with Crippen molar-refractivity contribution in [1.29, 1.82) is 5.26 Å². The lowest BCUT2D eigenvalue weighted by molar-refractivity contribution is 0.466. The van der Waals surface area contributed by atoms with Gasteiger partial charge in [-0.2, -0.15) is 10.2 Å². The average Bonchev–Trinajstić information content (AvgIpc) is 2.88. The van der Waals surface area contributed by atoms with E-state index in [2.05, 4.69) is 9.97 Å². The molecule has 0 aliphatic heterocycles. The molecule has 92 valence electrons. The zero-order chi connectivity index (χ0) is 13.2. The number of nitrogens with zero attached hydrogens (tertiary/aromatic N) is 4. The number of rotatable bonds is 2. The number of nitriles is 1. The minimum Gasteiger partial charge on any atom is -0.436 e. The molecule has 0 radical (unpaired) electrons. The fraction of sp³-hybridized carbons (Fsp3) is 0. The van der Waals surface area contributed by atoms with E-state index in [1.54, 1.807) is 47.3 Å². The molecule has 0 saturated heterocycles. The second kappa shape index (κ2) is 4.31. The van der Waals surface area contributed by atoms with E-state index >= 15 is 0 Å². The normalized spacial score (nSPS) is 10.3. The average molecular weight is 251 g/mol. The second-order valence-corrected chi connectivity index (χ2v) is 3.87. The van der Waals surface area contributed by atoms with E-state index < -0.39 is 0 Å². The smallest absolute Gasteiger partial charge is 0.265 e. The quantitative estimate of drug-likeness (QED) is 0.752. The van der Waals surface area contributed by atoms with Crippen molar-refractivity contribution in [2.24, 2.45) is 0 Å². The maximum Gasteiger partial charge on any atom is 0.265 e. The van der Waals surface area contributed by atoms with E-state index in [0.717, 1.165) is 0 Å². The Morgan fingerprint density at radius 1 is 1.26 bits per heavy atom. The number of hydrogen-bond donors (Lipinski definition) is 1. The van der Waals surface area contributed by atoms with E-state index in [1.165, 1.54) is 0 Å². The first kappa shape index (κ1) is 11.0.